The van der Waals surface area contributed by atoms with E-state index in [0.717, 1.165) is 0 Å². The molecular weight excluding hydrogens is 184 g/mol. The molecule has 4 heteroatoms. The Kier molecular flexibility index (Phi) is 5.92. The highest BCUT2D eigenvalue weighted by atomic mass is 16.5. The van der Waals surface area contributed by atoms with Crippen LogP contribution in [-0.4, -0.2) is 25.2 Å². The van der Waals surface area contributed by atoms with Crippen molar-refractivity contribution >= 4 is 11.9 Å². The van der Waals surface area contributed by atoms with Crippen molar-refractivity contribution in [1.82, 2.24) is 0 Å². The maximum Gasteiger partial charge on any atom is 0.309 e. The zero-order chi connectivity index (χ0) is 11.1. The Hall–Kier alpha value is -1.06. The summed E-state index contributed by atoms with van der Waals surface area (Å²) < 4.78 is 9.61. The molecule has 0 aromatic carbocycles. The van der Waals surface area contributed by atoms with Gasteiger partial charge in [0, 0.05) is 0 Å². The molecule has 14 heavy (non-hydrogen) atoms. The molecule has 0 unspecified atom stereocenters. The number of rotatable bonds is 5. The van der Waals surface area contributed by atoms with Crippen LogP contribution in [-0.2, 0) is 19.1 Å². The monoisotopic (exact) mass is 202 g/mol. The van der Waals surface area contributed by atoms with Crippen LogP contribution >= 0.6 is 0 Å². The Morgan fingerprint density at radius 3 is 1.43 bits per heavy atom. The molecule has 0 fully saturated rings. The number of hydrogen-bond donors (Lipinski definition) is 0. The fraction of sp³-hybridized carbons (Fsp3) is 0.800. The second-order valence-electron chi connectivity index (χ2n) is 3.08. The molecule has 4 nitrogen and oxygen atoms in total. The van der Waals surface area contributed by atoms with E-state index in [1.165, 1.54) is 0 Å². The average Bonchev–Trinajstić information content (AvgIpc) is 2.16. The Balaban J connectivity index is 4.16. The van der Waals surface area contributed by atoms with Crippen molar-refractivity contribution in [3.05, 3.63) is 0 Å². The molecule has 0 heterocycles. The predicted molar refractivity (Wildman–Crippen MR) is 51.6 cm³/mol. The Morgan fingerprint density at radius 2 is 1.21 bits per heavy atom. The summed E-state index contributed by atoms with van der Waals surface area (Å²) in [5, 5.41) is 0. The van der Waals surface area contributed by atoms with Crippen molar-refractivity contribution in [1.29, 1.82) is 0 Å². The standard InChI is InChI=1S/C10H18O4/c1-5-13-9(11)7(3)8(4)10(12)14-6-2/h7-8H,5-6H2,1-4H3/t7-,8-/m0/s1. The van der Waals surface area contributed by atoms with E-state index in [9.17, 15) is 9.59 Å². The molecule has 2 atom stereocenters. The summed E-state index contributed by atoms with van der Waals surface area (Å²) in [6.45, 7) is 7.47. The number of carbonyl (C=O) groups is 2. The first kappa shape index (κ1) is 12.9. The second kappa shape index (κ2) is 6.40. The quantitative estimate of drug-likeness (QED) is 0.632. The van der Waals surface area contributed by atoms with Crippen LogP contribution in [0.5, 0.6) is 0 Å². The van der Waals surface area contributed by atoms with Crippen LogP contribution in [0.1, 0.15) is 27.7 Å². The summed E-state index contributed by atoms with van der Waals surface area (Å²) in [6.07, 6.45) is 0. The first-order valence-corrected chi connectivity index (χ1v) is 4.87. The molecule has 0 aliphatic rings. The molecule has 0 N–H and O–H groups in total. The first-order valence-electron chi connectivity index (χ1n) is 4.87. The largest absolute Gasteiger partial charge is 0.466 e. The number of hydrogen-bond acceptors (Lipinski definition) is 4. The van der Waals surface area contributed by atoms with Crippen LogP contribution in [0.3, 0.4) is 0 Å². The summed E-state index contributed by atoms with van der Waals surface area (Å²) >= 11 is 0. The summed E-state index contributed by atoms with van der Waals surface area (Å²) in [5.74, 6) is -1.61. The molecule has 0 radical (unpaired) electrons. The minimum Gasteiger partial charge on any atom is -0.466 e. The Morgan fingerprint density at radius 1 is 0.929 bits per heavy atom. The lowest BCUT2D eigenvalue weighted by atomic mass is 9.96. The van der Waals surface area contributed by atoms with Gasteiger partial charge in [0.05, 0.1) is 25.0 Å². The maximum atomic E-state index is 11.3. The smallest absolute Gasteiger partial charge is 0.309 e. The van der Waals surface area contributed by atoms with Gasteiger partial charge >= 0.3 is 11.9 Å². The summed E-state index contributed by atoms with van der Waals surface area (Å²) in [5.41, 5.74) is 0. The van der Waals surface area contributed by atoms with Crippen LogP contribution in [0.4, 0.5) is 0 Å². The lowest BCUT2D eigenvalue weighted by Crippen LogP contribution is -2.28. The lowest BCUT2D eigenvalue weighted by molar-refractivity contribution is -0.158. The highest BCUT2D eigenvalue weighted by Gasteiger charge is 2.27. The third kappa shape index (κ3) is 3.77. The highest BCUT2D eigenvalue weighted by molar-refractivity contribution is 5.81. The zero-order valence-corrected chi connectivity index (χ0v) is 9.20. The summed E-state index contributed by atoms with van der Waals surface area (Å²) in [4.78, 5) is 22.5. The van der Waals surface area contributed by atoms with Crippen molar-refractivity contribution in [2.75, 3.05) is 13.2 Å². The molecule has 0 rings (SSSR count). The van der Waals surface area contributed by atoms with Gasteiger partial charge in [0.15, 0.2) is 0 Å². The van der Waals surface area contributed by atoms with Crippen molar-refractivity contribution < 1.29 is 19.1 Å². The fourth-order valence-electron chi connectivity index (χ4n) is 0.956. The van der Waals surface area contributed by atoms with Crippen molar-refractivity contribution in [2.45, 2.75) is 27.7 Å². The zero-order valence-electron chi connectivity index (χ0n) is 9.20. The molecule has 82 valence electrons. The molecule has 0 spiro atoms. The lowest BCUT2D eigenvalue weighted by Gasteiger charge is -2.16. The minimum absolute atomic E-state index is 0.332. The maximum absolute atomic E-state index is 11.3. The van der Waals surface area contributed by atoms with Gasteiger partial charge in [0.1, 0.15) is 0 Å². The fourth-order valence-corrected chi connectivity index (χ4v) is 0.956. The van der Waals surface area contributed by atoms with E-state index in [-0.39, 0.29) is 11.9 Å². The number of ether oxygens (including phenoxy) is 2. The Bertz CT molecular complexity index is 178. The van der Waals surface area contributed by atoms with Crippen molar-refractivity contribution in [3.63, 3.8) is 0 Å². The highest BCUT2D eigenvalue weighted by Crippen LogP contribution is 2.14. The van der Waals surface area contributed by atoms with E-state index >= 15 is 0 Å². The van der Waals surface area contributed by atoms with Crippen LogP contribution < -0.4 is 0 Å². The predicted octanol–water partition coefficient (Wildman–Crippen LogP) is 1.38. The topological polar surface area (TPSA) is 52.6 Å². The van der Waals surface area contributed by atoms with Gasteiger partial charge in [-0.2, -0.15) is 0 Å². The van der Waals surface area contributed by atoms with Crippen LogP contribution in [0.2, 0.25) is 0 Å². The number of esters is 2. The van der Waals surface area contributed by atoms with Gasteiger partial charge in [-0.15, -0.1) is 0 Å². The van der Waals surface area contributed by atoms with Gasteiger partial charge in [-0.3, -0.25) is 9.59 Å². The van der Waals surface area contributed by atoms with E-state index in [1.807, 2.05) is 0 Å². The van der Waals surface area contributed by atoms with Crippen LogP contribution in [0.15, 0.2) is 0 Å². The van der Waals surface area contributed by atoms with Crippen molar-refractivity contribution in [3.8, 4) is 0 Å². The summed E-state index contributed by atoms with van der Waals surface area (Å²) in [7, 11) is 0. The van der Waals surface area contributed by atoms with E-state index < -0.39 is 11.8 Å². The normalized spacial score (nSPS) is 14.3. The van der Waals surface area contributed by atoms with Crippen molar-refractivity contribution in [2.24, 2.45) is 11.8 Å². The molecule has 0 aromatic heterocycles. The van der Waals surface area contributed by atoms with E-state index in [4.69, 9.17) is 9.47 Å². The molecule has 0 amide bonds. The van der Waals surface area contributed by atoms with Gasteiger partial charge in [-0.05, 0) is 13.8 Å². The van der Waals surface area contributed by atoms with Gasteiger partial charge in [-0.1, -0.05) is 13.8 Å². The van der Waals surface area contributed by atoms with Crippen LogP contribution in [0.25, 0.3) is 0 Å². The third-order valence-corrected chi connectivity index (χ3v) is 2.07. The van der Waals surface area contributed by atoms with E-state index in [1.54, 1.807) is 27.7 Å². The molecule has 0 bridgehead atoms. The number of carbonyl (C=O) groups excluding carboxylic acids is 2. The van der Waals surface area contributed by atoms with E-state index in [0.29, 0.717) is 13.2 Å². The van der Waals surface area contributed by atoms with Gasteiger partial charge < -0.3 is 9.47 Å². The minimum atomic E-state index is -0.450. The average molecular weight is 202 g/mol. The molecule has 0 saturated heterocycles. The Labute approximate surface area is 84.6 Å². The van der Waals surface area contributed by atoms with E-state index in [2.05, 4.69) is 0 Å². The third-order valence-electron chi connectivity index (χ3n) is 2.07. The molecule has 0 aliphatic heterocycles. The SMILES string of the molecule is CCOC(=O)[C@@H](C)[C@H](C)C(=O)OCC. The molecule has 0 aromatic rings. The molecular formula is C10H18O4. The second-order valence-corrected chi connectivity index (χ2v) is 3.08. The molecule has 0 saturated carbocycles. The molecule has 0 aliphatic carbocycles. The van der Waals surface area contributed by atoms with Gasteiger partial charge in [0.25, 0.3) is 0 Å². The van der Waals surface area contributed by atoms with Gasteiger partial charge in [0.2, 0.25) is 0 Å². The first-order chi connectivity index (χ1) is 6.54. The van der Waals surface area contributed by atoms with Crippen LogP contribution in [0, 0.1) is 11.8 Å². The summed E-state index contributed by atoms with van der Waals surface area (Å²) in [6, 6.07) is 0. The van der Waals surface area contributed by atoms with Gasteiger partial charge in [-0.25, -0.2) is 0 Å².